The summed E-state index contributed by atoms with van der Waals surface area (Å²) in [6.45, 7) is 1.40. The lowest BCUT2D eigenvalue weighted by Crippen LogP contribution is -2.44. The molecule has 1 fully saturated rings. The molecule has 0 radical (unpaired) electrons. The van der Waals surface area contributed by atoms with Crippen molar-refractivity contribution in [3.05, 3.63) is 0 Å². The number of nitrogens with one attached hydrogen (secondary N) is 1. The Morgan fingerprint density at radius 2 is 2.31 bits per heavy atom. The van der Waals surface area contributed by atoms with Gasteiger partial charge in [-0.05, 0) is 13.5 Å². The second-order valence-corrected chi connectivity index (χ2v) is 3.16. The highest BCUT2D eigenvalue weighted by molar-refractivity contribution is 5.83. The maximum atomic E-state index is 13.3. The van der Waals surface area contributed by atoms with Gasteiger partial charge in [0.05, 0.1) is 6.17 Å². The molecule has 0 spiro atoms. The van der Waals surface area contributed by atoms with Gasteiger partial charge in [0.2, 0.25) is 0 Å². The minimum absolute atomic E-state index is 0.357. The van der Waals surface area contributed by atoms with Crippen LogP contribution in [0.5, 0.6) is 0 Å². The number of amides is 1. The zero-order valence-electron chi connectivity index (χ0n) is 7.83. The van der Waals surface area contributed by atoms with Gasteiger partial charge in [0.15, 0.2) is 6.17 Å². The van der Waals surface area contributed by atoms with Crippen LogP contribution in [0.4, 0.5) is 4.39 Å². The Morgan fingerprint density at radius 3 is 2.69 bits per heavy atom. The van der Waals surface area contributed by atoms with Crippen LogP contribution in [-0.4, -0.2) is 42.0 Å². The monoisotopic (exact) mass is 190 g/mol. The number of alkyl halides is 1. The summed E-state index contributed by atoms with van der Waals surface area (Å²) < 4.78 is 13.3. The molecule has 3 unspecified atom stereocenters. The lowest BCUT2D eigenvalue weighted by Gasteiger charge is -2.24. The van der Waals surface area contributed by atoms with Gasteiger partial charge in [-0.2, -0.15) is 0 Å². The van der Waals surface area contributed by atoms with Crippen molar-refractivity contribution in [1.29, 1.82) is 0 Å². The largest absolute Gasteiger partial charge is 0.376 e. The summed E-state index contributed by atoms with van der Waals surface area (Å²) in [5.41, 5.74) is 0. The molecule has 1 saturated heterocycles. The van der Waals surface area contributed by atoms with Gasteiger partial charge in [0.25, 0.3) is 5.91 Å². The zero-order chi connectivity index (χ0) is 10.0. The van der Waals surface area contributed by atoms with Gasteiger partial charge in [-0.3, -0.25) is 10.1 Å². The van der Waals surface area contributed by atoms with Crippen molar-refractivity contribution >= 4 is 5.91 Å². The first-order valence-corrected chi connectivity index (χ1v) is 4.40. The molecule has 0 aromatic heterocycles. The van der Waals surface area contributed by atoms with Crippen LogP contribution >= 0.6 is 0 Å². The molecule has 0 bridgehead atoms. The standard InChI is InChI=1S/C8H15FN2O2/c1-3-5-6(9)8(13)11(4-12)7(5)10-2/h5-7,10,12H,3-4H2,1-2H3. The molecule has 2 N–H and O–H groups in total. The molecule has 1 rings (SSSR count). The number of halogens is 1. The third kappa shape index (κ3) is 1.53. The van der Waals surface area contributed by atoms with E-state index in [1.165, 1.54) is 0 Å². The summed E-state index contributed by atoms with van der Waals surface area (Å²) in [6.07, 6.45) is -1.28. The van der Waals surface area contributed by atoms with Crippen molar-refractivity contribution in [3.63, 3.8) is 0 Å². The van der Waals surface area contributed by atoms with E-state index < -0.39 is 18.8 Å². The molecule has 3 atom stereocenters. The average Bonchev–Trinajstić information content (AvgIpc) is 2.38. The molecule has 0 saturated carbocycles. The molecule has 0 aromatic carbocycles. The Hall–Kier alpha value is -0.680. The van der Waals surface area contributed by atoms with E-state index in [2.05, 4.69) is 5.32 Å². The fourth-order valence-corrected chi connectivity index (χ4v) is 1.83. The summed E-state index contributed by atoms with van der Waals surface area (Å²) in [4.78, 5) is 12.3. The number of carbonyl (C=O) groups is 1. The Labute approximate surface area is 76.7 Å². The molecule has 4 nitrogen and oxygen atoms in total. The fraction of sp³-hybridized carbons (Fsp3) is 0.875. The molecule has 1 aliphatic rings. The Balaban J connectivity index is 2.82. The highest BCUT2D eigenvalue weighted by atomic mass is 19.1. The van der Waals surface area contributed by atoms with Crippen LogP contribution in [0.25, 0.3) is 0 Å². The molecular formula is C8H15FN2O2. The number of rotatable bonds is 3. The quantitative estimate of drug-likeness (QED) is 0.641. The van der Waals surface area contributed by atoms with Crippen molar-refractivity contribution in [2.24, 2.45) is 5.92 Å². The maximum Gasteiger partial charge on any atom is 0.260 e. The highest BCUT2D eigenvalue weighted by Gasteiger charge is 2.46. The molecule has 76 valence electrons. The van der Waals surface area contributed by atoms with Crippen LogP contribution in [0, 0.1) is 5.92 Å². The number of aliphatic hydroxyl groups is 1. The number of hydrogen-bond donors (Lipinski definition) is 2. The molecular weight excluding hydrogens is 175 g/mol. The number of hydrogen-bond acceptors (Lipinski definition) is 3. The Morgan fingerprint density at radius 1 is 1.69 bits per heavy atom. The third-order valence-electron chi connectivity index (χ3n) is 2.56. The summed E-state index contributed by atoms with van der Waals surface area (Å²) in [5.74, 6) is -0.974. The molecule has 1 aliphatic heterocycles. The van der Waals surface area contributed by atoms with E-state index in [0.717, 1.165) is 4.90 Å². The van der Waals surface area contributed by atoms with Gasteiger partial charge in [0.1, 0.15) is 6.73 Å². The van der Waals surface area contributed by atoms with Gasteiger partial charge in [-0.1, -0.05) is 6.92 Å². The second-order valence-electron chi connectivity index (χ2n) is 3.16. The smallest absolute Gasteiger partial charge is 0.260 e. The lowest BCUT2D eigenvalue weighted by atomic mass is 10.0. The molecule has 5 heteroatoms. The van der Waals surface area contributed by atoms with E-state index >= 15 is 0 Å². The van der Waals surface area contributed by atoms with Gasteiger partial charge in [0, 0.05) is 5.92 Å². The molecule has 0 aromatic rings. The van der Waals surface area contributed by atoms with Crippen molar-refractivity contribution in [2.45, 2.75) is 25.7 Å². The van der Waals surface area contributed by atoms with E-state index in [9.17, 15) is 9.18 Å². The van der Waals surface area contributed by atoms with E-state index in [4.69, 9.17) is 5.11 Å². The van der Waals surface area contributed by atoms with E-state index in [1.807, 2.05) is 6.92 Å². The topological polar surface area (TPSA) is 52.6 Å². The van der Waals surface area contributed by atoms with Crippen molar-refractivity contribution in [1.82, 2.24) is 10.2 Å². The van der Waals surface area contributed by atoms with Crippen LogP contribution in [-0.2, 0) is 4.79 Å². The lowest BCUT2D eigenvalue weighted by molar-refractivity contribution is -0.136. The number of likely N-dealkylation sites (tertiary alicyclic amines) is 1. The molecule has 13 heavy (non-hydrogen) atoms. The van der Waals surface area contributed by atoms with Crippen LogP contribution in [0.2, 0.25) is 0 Å². The van der Waals surface area contributed by atoms with Gasteiger partial charge >= 0.3 is 0 Å². The average molecular weight is 190 g/mol. The van der Waals surface area contributed by atoms with Crippen molar-refractivity contribution in [3.8, 4) is 0 Å². The van der Waals surface area contributed by atoms with E-state index in [-0.39, 0.29) is 12.1 Å². The summed E-state index contributed by atoms with van der Waals surface area (Å²) in [5, 5.41) is 11.7. The summed E-state index contributed by atoms with van der Waals surface area (Å²) in [7, 11) is 1.65. The SMILES string of the molecule is CCC1C(F)C(=O)N(CO)C1NC. The first-order valence-electron chi connectivity index (χ1n) is 4.40. The van der Waals surface area contributed by atoms with Gasteiger partial charge in [-0.15, -0.1) is 0 Å². The van der Waals surface area contributed by atoms with E-state index in [1.54, 1.807) is 7.05 Å². The minimum atomic E-state index is -1.48. The first kappa shape index (κ1) is 10.4. The maximum absolute atomic E-state index is 13.3. The second kappa shape index (κ2) is 4.02. The number of carbonyl (C=O) groups excluding carboxylic acids is 1. The van der Waals surface area contributed by atoms with Crippen molar-refractivity contribution in [2.75, 3.05) is 13.8 Å². The zero-order valence-corrected chi connectivity index (χ0v) is 7.83. The number of aliphatic hydroxyl groups excluding tert-OH is 1. The predicted octanol–water partition coefficient (Wildman–Crippen LogP) is -0.312. The fourth-order valence-electron chi connectivity index (χ4n) is 1.83. The predicted molar refractivity (Wildman–Crippen MR) is 45.5 cm³/mol. The van der Waals surface area contributed by atoms with Crippen molar-refractivity contribution < 1.29 is 14.3 Å². The van der Waals surface area contributed by atoms with Crippen LogP contribution in [0.3, 0.4) is 0 Å². The van der Waals surface area contributed by atoms with Crippen LogP contribution < -0.4 is 5.32 Å². The normalized spacial score (nSPS) is 34.3. The first-order chi connectivity index (χ1) is 6.17. The van der Waals surface area contributed by atoms with Gasteiger partial charge < -0.3 is 10.0 Å². The summed E-state index contributed by atoms with van der Waals surface area (Å²) in [6, 6.07) is 0. The third-order valence-corrected chi connectivity index (χ3v) is 2.56. The minimum Gasteiger partial charge on any atom is -0.376 e. The Bertz CT molecular complexity index is 201. The highest BCUT2D eigenvalue weighted by Crippen LogP contribution is 2.28. The summed E-state index contributed by atoms with van der Waals surface area (Å²) >= 11 is 0. The Kier molecular flexibility index (Phi) is 3.22. The molecule has 0 aliphatic carbocycles. The van der Waals surface area contributed by atoms with E-state index in [0.29, 0.717) is 6.42 Å². The van der Waals surface area contributed by atoms with Crippen LogP contribution in [0.1, 0.15) is 13.3 Å². The van der Waals surface area contributed by atoms with Crippen LogP contribution in [0.15, 0.2) is 0 Å². The molecule has 1 amide bonds. The van der Waals surface area contributed by atoms with Gasteiger partial charge in [-0.25, -0.2) is 4.39 Å². The number of nitrogens with zero attached hydrogens (tertiary/aromatic N) is 1. The molecule has 1 heterocycles.